The molecule has 0 spiro atoms. The van der Waals surface area contributed by atoms with Crippen molar-refractivity contribution in [1.82, 2.24) is 4.90 Å². The molecule has 5 rings (SSSR count). The van der Waals surface area contributed by atoms with Crippen molar-refractivity contribution in [2.24, 2.45) is 5.73 Å². The number of benzene rings is 3. The summed E-state index contributed by atoms with van der Waals surface area (Å²) in [6.07, 6.45) is 5.65. The summed E-state index contributed by atoms with van der Waals surface area (Å²) in [6, 6.07) is 26.3. The molecule has 34 heavy (non-hydrogen) atoms. The lowest BCUT2D eigenvalue weighted by Gasteiger charge is -2.42. The third-order valence-corrected chi connectivity index (χ3v) is 8.29. The average molecular weight is 474 g/mol. The van der Waals surface area contributed by atoms with Crippen LogP contribution in [0.1, 0.15) is 41.5 Å². The van der Waals surface area contributed by atoms with Gasteiger partial charge in [0.2, 0.25) is 0 Å². The summed E-state index contributed by atoms with van der Waals surface area (Å²) in [5, 5.41) is 0.793. The minimum atomic E-state index is 0.0901. The summed E-state index contributed by atoms with van der Waals surface area (Å²) in [5.41, 5.74) is 13.6. The van der Waals surface area contributed by atoms with E-state index in [1.807, 2.05) is 12.1 Å². The molecule has 0 amide bonds. The van der Waals surface area contributed by atoms with Gasteiger partial charge >= 0.3 is 0 Å². The third-order valence-electron chi connectivity index (χ3n) is 8.04. The molecular formula is C30H36ClN3. The first-order valence-electron chi connectivity index (χ1n) is 12.7. The second-order valence-electron chi connectivity index (χ2n) is 10.0. The van der Waals surface area contributed by atoms with E-state index in [-0.39, 0.29) is 5.41 Å². The van der Waals surface area contributed by atoms with Crippen LogP contribution in [0.15, 0.2) is 72.8 Å². The number of piperidine rings is 1. The highest BCUT2D eigenvalue weighted by Crippen LogP contribution is 2.35. The van der Waals surface area contributed by atoms with Crippen molar-refractivity contribution in [1.29, 1.82) is 0 Å². The molecular weight excluding hydrogens is 438 g/mol. The van der Waals surface area contributed by atoms with Crippen LogP contribution >= 0.6 is 11.6 Å². The lowest BCUT2D eigenvalue weighted by Crippen LogP contribution is -2.47. The van der Waals surface area contributed by atoms with Gasteiger partial charge in [-0.1, -0.05) is 66.2 Å². The number of hydrogen-bond donors (Lipinski definition) is 1. The summed E-state index contributed by atoms with van der Waals surface area (Å²) < 4.78 is 0. The fourth-order valence-electron chi connectivity index (χ4n) is 5.85. The van der Waals surface area contributed by atoms with E-state index in [1.54, 1.807) is 0 Å². The van der Waals surface area contributed by atoms with Crippen LogP contribution in [0.3, 0.4) is 0 Å². The first-order valence-corrected chi connectivity index (χ1v) is 13.1. The normalized spacial score (nSPS) is 18.0. The lowest BCUT2D eigenvalue weighted by atomic mass is 9.73. The SMILES string of the molecule is NCC1(c2ccc(Cl)cc2)CCN(CCCN2Cc3ccccc3CCc3ccccc32)CC1. The zero-order valence-electron chi connectivity index (χ0n) is 20.1. The Morgan fingerprint density at radius 2 is 1.41 bits per heavy atom. The topological polar surface area (TPSA) is 32.5 Å². The molecule has 2 heterocycles. The van der Waals surface area contributed by atoms with Crippen molar-refractivity contribution in [3.05, 3.63) is 100 Å². The Balaban J connectivity index is 1.21. The maximum Gasteiger partial charge on any atom is 0.0432 e. The van der Waals surface area contributed by atoms with Gasteiger partial charge in [0, 0.05) is 35.8 Å². The Bertz CT molecular complexity index is 1090. The average Bonchev–Trinajstić information content (AvgIpc) is 2.87. The third kappa shape index (κ3) is 5.02. The second kappa shape index (κ2) is 10.5. The lowest BCUT2D eigenvalue weighted by molar-refractivity contribution is 0.161. The van der Waals surface area contributed by atoms with Gasteiger partial charge in [0.1, 0.15) is 0 Å². The van der Waals surface area contributed by atoms with Gasteiger partial charge in [-0.2, -0.15) is 0 Å². The number of aryl methyl sites for hydroxylation is 2. The van der Waals surface area contributed by atoms with Crippen LogP contribution in [0.2, 0.25) is 5.02 Å². The highest BCUT2D eigenvalue weighted by atomic mass is 35.5. The predicted octanol–water partition coefficient (Wildman–Crippen LogP) is 5.83. The van der Waals surface area contributed by atoms with E-state index in [1.165, 1.54) is 34.4 Å². The van der Waals surface area contributed by atoms with Crippen LogP contribution in [0.4, 0.5) is 5.69 Å². The van der Waals surface area contributed by atoms with Crippen molar-refractivity contribution in [2.75, 3.05) is 37.6 Å². The predicted molar refractivity (Wildman–Crippen MR) is 144 cm³/mol. The Kier molecular flexibility index (Phi) is 7.24. The first kappa shape index (κ1) is 23.4. The van der Waals surface area contributed by atoms with Gasteiger partial charge in [0.25, 0.3) is 0 Å². The standard InChI is InChI=1S/C30H36ClN3/c31-28-14-12-27(13-15-28)30(23-32)16-20-33(21-17-30)18-5-19-34-22-26-8-2-1-6-24(26)10-11-25-7-3-4-9-29(25)34/h1-4,6-9,12-15H,5,10-11,16-23,32H2. The van der Waals surface area contributed by atoms with Gasteiger partial charge in [-0.3, -0.25) is 0 Å². The Hall–Kier alpha value is -2.33. The van der Waals surface area contributed by atoms with Crippen LogP contribution in [0.5, 0.6) is 0 Å². The fraction of sp³-hybridized carbons (Fsp3) is 0.400. The largest absolute Gasteiger partial charge is 0.367 e. The van der Waals surface area contributed by atoms with Crippen LogP contribution in [0, 0.1) is 0 Å². The van der Waals surface area contributed by atoms with E-state index in [0.717, 1.165) is 63.4 Å². The number of rotatable bonds is 6. The molecule has 1 fully saturated rings. The van der Waals surface area contributed by atoms with E-state index >= 15 is 0 Å². The molecule has 2 aliphatic rings. The molecule has 2 aliphatic heterocycles. The molecule has 2 N–H and O–H groups in total. The smallest absolute Gasteiger partial charge is 0.0432 e. The highest BCUT2D eigenvalue weighted by molar-refractivity contribution is 6.30. The van der Waals surface area contributed by atoms with Gasteiger partial charge in [-0.05, 0) is 92.2 Å². The maximum atomic E-state index is 6.30. The van der Waals surface area contributed by atoms with Gasteiger partial charge in [-0.25, -0.2) is 0 Å². The Morgan fingerprint density at radius 3 is 2.15 bits per heavy atom. The molecule has 3 aromatic carbocycles. The second-order valence-corrected chi connectivity index (χ2v) is 10.4. The van der Waals surface area contributed by atoms with E-state index in [2.05, 4.69) is 70.5 Å². The molecule has 0 aromatic heterocycles. The quantitative estimate of drug-likeness (QED) is 0.489. The monoisotopic (exact) mass is 473 g/mol. The number of anilines is 1. The molecule has 0 atom stereocenters. The summed E-state index contributed by atoms with van der Waals surface area (Å²) in [6.45, 7) is 6.15. The van der Waals surface area contributed by atoms with Gasteiger partial charge < -0.3 is 15.5 Å². The van der Waals surface area contributed by atoms with Crippen molar-refractivity contribution >= 4 is 17.3 Å². The molecule has 1 saturated heterocycles. The molecule has 0 unspecified atom stereocenters. The summed E-state index contributed by atoms with van der Waals surface area (Å²) in [5.74, 6) is 0. The maximum absolute atomic E-state index is 6.30. The molecule has 0 saturated carbocycles. The number of hydrogen-bond acceptors (Lipinski definition) is 3. The summed E-state index contributed by atoms with van der Waals surface area (Å²) in [7, 11) is 0. The van der Waals surface area contributed by atoms with Crippen molar-refractivity contribution in [2.45, 2.75) is 44.1 Å². The number of halogens is 1. The zero-order valence-corrected chi connectivity index (χ0v) is 20.8. The summed E-state index contributed by atoms with van der Waals surface area (Å²) >= 11 is 6.12. The van der Waals surface area contributed by atoms with Crippen LogP contribution in [-0.4, -0.2) is 37.6 Å². The van der Waals surface area contributed by atoms with Gasteiger partial charge in [0.15, 0.2) is 0 Å². The molecule has 4 heteroatoms. The van der Waals surface area contributed by atoms with E-state index in [9.17, 15) is 0 Å². The number of fused-ring (bicyclic) bond motifs is 2. The molecule has 0 bridgehead atoms. The number of likely N-dealkylation sites (tertiary alicyclic amines) is 1. The molecule has 3 aromatic rings. The number of nitrogens with two attached hydrogens (primary N) is 1. The molecule has 0 radical (unpaired) electrons. The summed E-state index contributed by atoms with van der Waals surface area (Å²) in [4.78, 5) is 5.24. The minimum Gasteiger partial charge on any atom is -0.367 e. The van der Waals surface area contributed by atoms with Gasteiger partial charge in [-0.15, -0.1) is 0 Å². The van der Waals surface area contributed by atoms with Crippen LogP contribution in [-0.2, 0) is 24.8 Å². The highest BCUT2D eigenvalue weighted by Gasteiger charge is 2.34. The van der Waals surface area contributed by atoms with Crippen molar-refractivity contribution < 1.29 is 0 Å². The first-order chi connectivity index (χ1) is 16.7. The number of nitrogens with zero attached hydrogens (tertiary/aromatic N) is 2. The van der Waals surface area contributed by atoms with Crippen molar-refractivity contribution in [3.63, 3.8) is 0 Å². The number of para-hydroxylation sites is 1. The van der Waals surface area contributed by atoms with Gasteiger partial charge in [0.05, 0.1) is 0 Å². The Labute approximate surface area is 209 Å². The van der Waals surface area contributed by atoms with Crippen LogP contribution in [0.25, 0.3) is 0 Å². The van der Waals surface area contributed by atoms with E-state index in [0.29, 0.717) is 6.54 Å². The molecule has 178 valence electrons. The molecule has 3 nitrogen and oxygen atoms in total. The van der Waals surface area contributed by atoms with E-state index in [4.69, 9.17) is 17.3 Å². The molecule has 0 aliphatic carbocycles. The van der Waals surface area contributed by atoms with E-state index < -0.39 is 0 Å². The minimum absolute atomic E-state index is 0.0901. The Morgan fingerprint density at radius 1 is 0.765 bits per heavy atom. The van der Waals surface area contributed by atoms with Crippen molar-refractivity contribution in [3.8, 4) is 0 Å². The zero-order chi connectivity index (χ0) is 23.4. The van der Waals surface area contributed by atoms with Crippen LogP contribution < -0.4 is 10.6 Å². The fourth-order valence-corrected chi connectivity index (χ4v) is 5.98.